The molecule has 1 aliphatic heterocycles. The van der Waals surface area contributed by atoms with Gasteiger partial charge in [-0.2, -0.15) is 0 Å². The molecule has 2 amide bonds. The summed E-state index contributed by atoms with van der Waals surface area (Å²) in [5.74, 6) is 0.121. The van der Waals surface area contributed by atoms with E-state index in [1.165, 1.54) is 6.92 Å². The van der Waals surface area contributed by atoms with Gasteiger partial charge in [0.2, 0.25) is 5.91 Å². The molecular weight excluding hydrogens is 354 g/mol. The lowest BCUT2D eigenvalue weighted by Crippen LogP contribution is -2.37. The maximum atomic E-state index is 12.9. The molecule has 28 heavy (non-hydrogen) atoms. The van der Waals surface area contributed by atoms with E-state index in [9.17, 15) is 9.59 Å². The number of carbonyl (C=O) groups is 2. The summed E-state index contributed by atoms with van der Waals surface area (Å²) >= 11 is 0. The zero-order valence-electron chi connectivity index (χ0n) is 16.2. The molecular formula is C22H27N3O3. The third-order valence-electron chi connectivity index (χ3n) is 4.67. The van der Waals surface area contributed by atoms with E-state index in [0.29, 0.717) is 37.6 Å². The molecule has 6 nitrogen and oxygen atoms in total. The Labute approximate surface area is 165 Å². The number of amides is 2. The highest BCUT2D eigenvalue weighted by Crippen LogP contribution is 2.14. The number of anilines is 1. The molecule has 1 fully saturated rings. The van der Waals surface area contributed by atoms with Gasteiger partial charge in [0.15, 0.2) is 0 Å². The Bertz CT molecular complexity index is 777. The van der Waals surface area contributed by atoms with E-state index in [1.54, 1.807) is 24.3 Å². The van der Waals surface area contributed by atoms with Crippen molar-refractivity contribution in [1.29, 1.82) is 0 Å². The van der Waals surface area contributed by atoms with Crippen LogP contribution in [0.1, 0.15) is 22.8 Å². The molecule has 148 valence electrons. The molecule has 0 radical (unpaired) electrons. The summed E-state index contributed by atoms with van der Waals surface area (Å²) < 4.78 is 5.88. The molecule has 1 atom stereocenters. The van der Waals surface area contributed by atoms with Gasteiger partial charge >= 0.3 is 0 Å². The Balaban J connectivity index is 1.55. The Morgan fingerprint density at radius 3 is 2.61 bits per heavy atom. The van der Waals surface area contributed by atoms with Crippen molar-refractivity contribution in [2.75, 3.05) is 38.1 Å². The number of hydrogen-bond donors (Lipinski definition) is 2. The molecule has 3 rings (SSSR count). The minimum Gasteiger partial charge on any atom is -0.376 e. The molecule has 2 aromatic carbocycles. The highest BCUT2D eigenvalue weighted by Gasteiger charge is 2.23. The number of rotatable bonds is 6. The van der Waals surface area contributed by atoms with Crippen LogP contribution in [-0.2, 0) is 16.1 Å². The largest absolute Gasteiger partial charge is 0.376 e. The Kier molecular flexibility index (Phi) is 7.17. The van der Waals surface area contributed by atoms with E-state index < -0.39 is 0 Å². The fraction of sp³-hybridized carbons (Fsp3) is 0.364. The average Bonchev–Trinajstić information content (AvgIpc) is 2.94. The minimum atomic E-state index is -0.129. The van der Waals surface area contributed by atoms with Gasteiger partial charge in [-0.25, -0.2) is 0 Å². The van der Waals surface area contributed by atoms with Crippen LogP contribution in [0.25, 0.3) is 0 Å². The smallest absolute Gasteiger partial charge is 0.253 e. The van der Waals surface area contributed by atoms with Gasteiger partial charge in [0, 0.05) is 50.3 Å². The molecule has 0 bridgehead atoms. The molecule has 1 heterocycles. The molecule has 0 saturated carbocycles. The van der Waals surface area contributed by atoms with E-state index in [4.69, 9.17) is 4.74 Å². The van der Waals surface area contributed by atoms with Gasteiger partial charge in [0.25, 0.3) is 5.91 Å². The number of carbonyl (C=O) groups excluding carboxylic acids is 2. The molecule has 0 aliphatic carbocycles. The topological polar surface area (TPSA) is 70.7 Å². The maximum Gasteiger partial charge on any atom is 0.253 e. The van der Waals surface area contributed by atoms with Gasteiger partial charge in [-0.1, -0.05) is 30.3 Å². The van der Waals surface area contributed by atoms with E-state index >= 15 is 0 Å². The Morgan fingerprint density at radius 1 is 1.14 bits per heavy atom. The molecule has 0 spiro atoms. The lowest BCUT2D eigenvalue weighted by Gasteiger charge is -2.24. The SMILES string of the molecule is CC(=O)Nc1ccc(C(=O)N2CCNCC(COCc3ccccc3)C2)cc1. The summed E-state index contributed by atoms with van der Waals surface area (Å²) in [5, 5.41) is 6.11. The van der Waals surface area contributed by atoms with Crippen molar-refractivity contribution in [3.63, 3.8) is 0 Å². The van der Waals surface area contributed by atoms with Crippen molar-refractivity contribution < 1.29 is 14.3 Å². The first-order chi connectivity index (χ1) is 13.6. The normalized spacial score (nSPS) is 17.0. The number of benzene rings is 2. The molecule has 6 heteroatoms. The van der Waals surface area contributed by atoms with E-state index in [1.807, 2.05) is 35.2 Å². The van der Waals surface area contributed by atoms with Gasteiger partial charge in [0.1, 0.15) is 0 Å². The molecule has 2 N–H and O–H groups in total. The molecule has 2 aromatic rings. The maximum absolute atomic E-state index is 12.9. The summed E-state index contributed by atoms with van der Waals surface area (Å²) in [7, 11) is 0. The number of nitrogens with one attached hydrogen (secondary N) is 2. The van der Waals surface area contributed by atoms with Crippen molar-refractivity contribution in [3.05, 3.63) is 65.7 Å². The molecule has 1 unspecified atom stereocenters. The van der Waals surface area contributed by atoms with Crippen LogP contribution in [0.5, 0.6) is 0 Å². The summed E-state index contributed by atoms with van der Waals surface area (Å²) in [6.07, 6.45) is 0. The van der Waals surface area contributed by atoms with Gasteiger partial charge in [-0.15, -0.1) is 0 Å². The highest BCUT2D eigenvalue weighted by molar-refractivity contribution is 5.95. The predicted octanol–water partition coefficient (Wildman–Crippen LogP) is 2.52. The first-order valence-corrected chi connectivity index (χ1v) is 9.61. The van der Waals surface area contributed by atoms with Crippen LogP contribution in [0.4, 0.5) is 5.69 Å². The van der Waals surface area contributed by atoms with E-state index in [-0.39, 0.29) is 17.7 Å². The summed E-state index contributed by atoms with van der Waals surface area (Å²) in [6, 6.07) is 17.1. The lowest BCUT2D eigenvalue weighted by atomic mass is 10.1. The number of hydrogen-bond acceptors (Lipinski definition) is 4. The third kappa shape index (κ3) is 5.90. The average molecular weight is 381 g/mol. The molecule has 0 aromatic heterocycles. The molecule has 1 saturated heterocycles. The second-order valence-corrected chi connectivity index (χ2v) is 7.08. The zero-order chi connectivity index (χ0) is 19.8. The Hall–Kier alpha value is -2.70. The predicted molar refractivity (Wildman–Crippen MR) is 109 cm³/mol. The summed E-state index contributed by atoms with van der Waals surface area (Å²) in [6.45, 7) is 5.58. The van der Waals surface area contributed by atoms with Crippen LogP contribution in [-0.4, -0.2) is 49.5 Å². The van der Waals surface area contributed by atoms with E-state index in [2.05, 4.69) is 10.6 Å². The quantitative estimate of drug-likeness (QED) is 0.807. The standard InChI is InChI=1S/C22H27N3O3/c1-17(26)24-21-9-7-20(8-10-21)22(27)25-12-11-23-13-19(14-25)16-28-15-18-5-3-2-4-6-18/h2-10,19,23H,11-16H2,1H3,(H,24,26). The van der Waals surface area contributed by atoms with Crippen LogP contribution in [0.2, 0.25) is 0 Å². The van der Waals surface area contributed by atoms with Crippen LogP contribution >= 0.6 is 0 Å². The first kappa shape index (κ1) is 20.0. The summed E-state index contributed by atoms with van der Waals surface area (Å²) in [4.78, 5) is 25.9. The van der Waals surface area contributed by atoms with Crippen molar-refractivity contribution >= 4 is 17.5 Å². The van der Waals surface area contributed by atoms with Crippen molar-refractivity contribution in [2.45, 2.75) is 13.5 Å². The zero-order valence-corrected chi connectivity index (χ0v) is 16.2. The Morgan fingerprint density at radius 2 is 1.89 bits per heavy atom. The van der Waals surface area contributed by atoms with E-state index in [0.717, 1.165) is 18.7 Å². The van der Waals surface area contributed by atoms with Gasteiger partial charge in [-0.05, 0) is 29.8 Å². The lowest BCUT2D eigenvalue weighted by molar-refractivity contribution is -0.114. The first-order valence-electron chi connectivity index (χ1n) is 9.61. The second-order valence-electron chi connectivity index (χ2n) is 7.08. The molecule has 1 aliphatic rings. The van der Waals surface area contributed by atoms with Crippen LogP contribution in [0.3, 0.4) is 0 Å². The fourth-order valence-corrected chi connectivity index (χ4v) is 3.28. The third-order valence-corrected chi connectivity index (χ3v) is 4.67. The second kappa shape index (κ2) is 10.0. The van der Waals surface area contributed by atoms with Gasteiger partial charge < -0.3 is 20.3 Å². The number of nitrogens with zero attached hydrogens (tertiary/aromatic N) is 1. The minimum absolute atomic E-state index is 0.00568. The fourth-order valence-electron chi connectivity index (χ4n) is 3.28. The van der Waals surface area contributed by atoms with Crippen molar-refractivity contribution in [3.8, 4) is 0 Å². The number of ether oxygens (including phenoxy) is 1. The van der Waals surface area contributed by atoms with Gasteiger partial charge in [0.05, 0.1) is 13.2 Å². The summed E-state index contributed by atoms with van der Waals surface area (Å²) in [5.41, 5.74) is 2.46. The van der Waals surface area contributed by atoms with Crippen LogP contribution in [0, 0.1) is 5.92 Å². The van der Waals surface area contributed by atoms with Crippen LogP contribution < -0.4 is 10.6 Å². The van der Waals surface area contributed by atoms with Crippen molar-refractivity contribution in [2.24, 2.45) is 5.92 Å². The van der Waals surface area contributed by atoms with Crippen LogP contribution in [0.15, 0.2) is 54.6 Å². The highest BCUT2D eigenvalue weighted by atomic mass is 16.5. The van der Waals surface area contributed by atoms with Gasteiger partial charge in [-0.3, -0.25) is 9.59 Å². The van der Waals surface area contributed by atoms with Crippen molar-refractivity contribution in [1.82, 2.24) is 10.2 Å². The monoisotopic (exact) mass is 381 g/mol.